The lowest BCUT2D eigenvalue weighted by atomic mass is 10.0. The molecule has 0 radical (unpaired) electrons. The highest BCUT2D eigenvalue weighted by molar-refractivity contribution is 7.88. The summed E-state index contributed by atoms with van der Waals surface area (Å²) >= 11 is 0. The molecule has 1 aliphatic heterocycles. The molecule has 0 aliphatic carbocycles. The molecule has 1 saturated heterocycles. The van der Waals surface area contributed by atoms with Crippen molar-refractivity contribution in [3.63, 3.8) is 0 Å². The van der Waals surface area contributed by atoms with Gasteiger partial charge in [0.2, 0.25) is 10.0 Å². The zero-order chi connectivity index (χ0) is 15.6. The van der Waals surface area contributed by atoms with Crippen LogP contribution in [0.1, 0.15) is 18.4 Å². The van der Waals surface area contributed by atoms with Crippen molar-refractivity contribution in [2.75, 3.05) is 30.8 Å². The van der Waals surface area contributed by atoms with E-state index in [2.05, 4.69) is 0 Å². The number of aryl methyl sites for hydroxylation is 1. The predicted molar refractivity (Wildman–Crippen MR) is 86.0 cm³/mol. The van der Waals surface area contributed by atoms with Crippen LogP contribution in [0.15, 0.2) is 23.1 Å². The lowest BCUT2D eigenvalue weighted by molar-refractivity contribution is 0.285. The normalized spacial score (nSPS) is 22.1. The zero-order valence-corrected chi connectivity index (χ0v) is 14.0. The molecule has 2 rings (SSSR count). The Balaban J connectivity index is 2.03. The number of rotatable bonds is 4. The van der Waals surface area contributed by atoms with Gasteiger partial charge >= 0.3 is 0 Å². The van der Waals surface area contributed by atoms with Crippen LogP contribution in [-0.2, 0) is 20.8 Å². The molecular weight excluding hydrogens is 308 g/mol. The molecule has 7 heteroatoms. The molecule has 0 amide bonds. The Kier molecular flexibility index (Phi) is 5.06. The van der Waals surface area contributed by atoms with Crippen molar-refractivity contribution >= 4 is 26.5 Å². The molecule has 1 aromatic carbocycles. The van der Waals surface area contributed by atoms with E-state index in [4.69, 9.17) is 5.73 Å². The smallest absolute Gasteiger partial charge is 0.211 e. The van der Waals surface area contributed by atoms with Crippen LogP contribution >= 0.6 is 0 Å². The average Bonchev–Trinajstić information content (AvgIpc) is 2.41. The van der Waals surface area contributed by atoms with E-state index in [0.29, 0.717) is 24.5 Å². The standard InChI is InChI=1S/C14H22N2O3S2/c1-11-8-13(5-6-14(11)15)20(17)10-12-4-3-7-16(9-12)21(2,18)19/h5-6,8,12H,3-4,7,9-10,15H2,1-2H3. The number of anilines is 1. The maximum absolute atomic E-state index is 12.4. The van der Waals surface area contributed by atoms with E-state index in [-0.39, 0.29) is 5.92 Å². The fraction of sp³-hybridized carbons (Fsp3) is 0.571. The summed E-state index contributed by atoms with van der Waals surface area (Å²) in [6.45, 7) is 2.93. The minimum atomic E-state index is -3.15. The Bertz CT molecular complexity index is 644. The van der Waals surface area contributed by atoms with Crippen molar-refractivity contribution < 1.29 is 12.6 Å². The Hall–Kier alpha value is -0.920. The van der Waals surface area contributed by atoms with E-state index >= 15 is 0 Å². The van der Waals surface area contributed by atoms with Crippen molar-refractivity contribution in [3.05, 3.63) is 23.8 Å². The molecule has 118 valence electrons. The Morgan fingerprint density at radius 2 is 2.14 bits per heavy atom. The molecule has 1 fully saturated rings. The molecular formula is C14H22N2O3S2. The molecule has 2 unspecified atom stereocenters. The highest BCUT2D eigenvalue weighted by Gasteiger charge is 2.27. The Labute approximate surface area is 129 Å². The lowest BCUT2D eigenvalue weighted by Crippen LogP contribution is -2.40. The molecule has 0 bridgehead atoms. The topological polar surface area (TPSA) is 80.5 Å². The number of hydrogen-bond donors (Lipinski definition) is 1. The first-order valence-electron chi connectivity index (χ1n) is 6.97. The molecule has 2 atom stereocenters. The maximum atomic E-state index is 12.4. The largest absolute Gasteiger partial charge is 0.399 e. The van der Waals surface area contributed by atoms with Gasteiger partial charge < -0.3 is 5.73 Å². The summed E-state index contributed by atoms with van der Waals surface area (Å²) in [6.07, 6.45) is 2.98. The Morgan fingerprint density at radius 3 is 2.76 bits per heavy atom. The van der Waals surface area contributed by atoms with Gasteiger partial charge in [-0.3, -0.25) is 4.21 Å². The lowest BCUT2D eigenvalue weighted by Gasteiger charge is -2.30. The molecule has 5 nitrogen and oxygen atoms in total. The van der Waals surface area contributed by atoms with Gasteiger partial charge in [0, 0.05) is 29.4 Å². The van der Waals surface area contributed by atoms with Gasteiger partial charge in [0.25, 0.3) is 0 Å². The average molecular weight is 330 g/mol. The first-order chi connectivity index (χ1) is 9.77. The maximum Gasteiger partial charge on any atom is 0.211 e. The van der Waals surface area contributed by atoms with Gasteiger partial charge in [-0.15, -0.1) is 0 Å². The SMILES string of the molecule is Cc1cc(S(=O)CC2CCCN(S(C)(=O)=O)C2)ccc1N. The van der Waals surface area contributed by atoms with Crippen LogP contribution in [-0.4, -0.2) is 42.0 Å². The van der Waals surface area contributed by atoms with E-state index in [1.807, 2.05) is 13.0 Å². The first kappa shape index (κ1) is 16.5. The monoisotopic (exact) mass is 330 g/mol. The van der Waals surface area contributed by atoms with Crippen LogP contribution in [0.2, 0.25) is 0 Å². The molecule has 1 heterocycles. The van der Waals surface area contributed by atoms with Gasteiger partial charge in [0.15, 0.2) is 0 Å². The summed E-state index contributed by atoms with van der Waals surface area (Å²) in [6, 6.07) is 5.41. The number of nitrogens with two attached hydrogens (primary N) is 1. The number of benzene rings is 1. The number of nitrogens with zero attached hydrogens (tertiary/aromatic N) is 1. The fourth-order valence-electron chi connectivity index (χ4n) is 2.56. The Morgan fingerprint density at radius 1 is 1.43 bits per heavy atom. The summed E-state index contributed by atoms with van der Waals surface area (Å²) in [4.78, 5) is 0.762. The van der Waals surface area contributed by atoms with Crippen molar-refractivity contribution in [2.45, 2.75) is 24.7 Å². The van der Waals surface area contributed by atoms with Crippen LogP contribution in [0, 0.1) is 12.8 Å². The third-order valence-electron chi connectivity index (χ3n) is 3.84. The highest BCUT2D eigenvalue weighted by atomic mass is 32.2. The fourth-order valence-corrected chi connectivity index (χ4v) is 4.93. The molecule has 21 heavy (non-hydrogen) atoms. The predicted octanol–water partition coefficient (Wildman–Crippen LogP) is 1.36. The molecule has 0 aromatic heterocycles. The van der Waals surface area contributed by atoms with E-state index in [9.17, 15) is 12.6 Å². The molecule has 0 spiro atoms. The van der Waals surface area contributed by atoms with Crippen molar-refractivity contribution in [1.82, 2.24) is 4.31 Å². The van der Waals surface area contributed by atoms with Crippen molar-refractivity contribution in [1.29, 1.82) is 0 Å². The van der Waals surface area contributed by atoms with Crippen molar-refractivity contribution in [3.8, 4) is 0 Å². The molecule has 1 aromatic rings. The number of piperidine rings is 1. The summed E-state index contributed by atoms with van der Waals surface area (Å²) in [5.74, 6) is 0.641. The zero-order valence-electron chi connectivity index (χ0n) is 12.4. The van der Waals surface area contributed by atoms with E-state index in [1.165, 1.54) is 10.6 Å². The quantitative estimate of drug-likeness (QED) is 0.845. The second kappa shape index (κ2) is 6.46. The summed E-state index contributed by atoms with van der Waals surface area (Å²) in [5.41, 5.74) is 7.38. The number of hydrogen-bond acceptors (Lipinski definition) is 4. The van der Waals surface area contributed by atoms with Gasteiger partial charge in [-0.05, 0) is 49.4 Å². The highest BCUT2D eigenvalue weighted by Crippen LogP contribution is 2.22. The van der Waals surface area contributed by atoms with Gasteiger partial charge in [0.1, 0.15) is 0 Å². The third-order valence-corrected chi connectivity index (χ3v) is 6.67. The second-order valence-electron chi connectivity index (χ2n) is 5.66. The van der Waals surface area contributed by atoms with Crippen LogP contribution < -0.4 is 5.73 Å². The van der Waals surface area contributed by atoms with Gasteiger partial charge in [-0.25, -0.2) is 12.7 Å². The summed E-state index contributed by atoms with van der Waals surface area (Å²) in [5, 5.41) is 0. The second-order valence-corrected chi connectivity index (χ2v) is 9.14. The molecule has 0 saturated carbocycles. The van der Waals surface area contributed by atoms with Crippen LogP contribution in [0.25, 0.3) is 0 Å². The minimum Gasteiger partial charge on any atom is -0.399 e. The molecule has 1 aliphatic rings. The van der Waals surface area contributed by atoms with Gasteiger partial charge in [0.05, 0.1) is 17.1 Å². The van der Waals surface area contributed by atoms with Gasteiger partial charge in [-0.1, -0.05) is 0 Å². The number of nitrogen functional groups attached to an aromatic ring is 1. The summed E-state index contributed by atoms with van der Waals surface area (Å²) in [7, 11) is -4.27. The van der Waals surface area contributed by atoms with Gasteiger partial charge in [-0.2, -0.15) is 0 Å². The first-order valence-corrected chi connectivity index (χ1v) is 10.1. The summed E-state index contributed by atoms with van der Waals surface area (Å²) < 4.78 is 37.1. The third kappa shape index (κ3) is 4.28. The van der Waals surface area contributed by atoms with E-state index in [0.717, 1.165) is 23.3 Å². The van der Waals surface area contributed by atoms with E-state index in [1.54, 1.807) is 12.1 Å². The van der Waals surface area contributed by atoms with Crippen LogP contribution in [0.5, 0.6) is 0 Å². The van der Waals surface area contributed by atoms with Crippen LogP contribution in [0.4, 0.5) is 5.69 Å². The minimum absolute atomic E-state index is 0.146. The van der Waals surface area contributed by atoms with Crippen LogP contribution in [0.3, 0.4) is 0 Å². The van der Waals surface area contributed by atoms with E-state index < -0.39 is 20.8 Å². The van der Waals surface area contributed by atoms with Crippen molar-refractivity contribution in [2.24, 2.45) is 5.92 Å². The number of sulfonamides is 1. The molecule has 2 N–H and O–H groups in total.